The minimum Gasteiger partial charge on any atom is -0.355 e. The van der Waals surface area contributed by atoms with Crippen LogP contribution in [-0.4, -0.2) is 44.3 Å². The molecular formula is C28H31ClFN3O4S. The highest BCUT2D eigenvalue weighted by Gasteiger charge is 2.33. The Bertz CT molecular complexity index is 1410. The van der Waals surface area contributed by atoms with E-state index in [2.05, 4.69) is 5.32 Å². The molecule has 10 heteroatoms. The van der Waals surface area contributed by atoms with Gasteiger partial charge in [0.05, 0.1) is 10.6 Å². The van der Waals surface area contributed by atoms with Crippen LogP contribution >= 0.6 is 11.6 Å². The molecule has 7 nitrogen and oxygen atoms in total. The van der Waals surface area contributed by atoms with Crippen molar-refractivity contribution >= 4 is 39.1 Å². The van der Waals surface area contributed by atoms with Crippen LogP contribution in [0.25, 0.3) is 0 Å². The summed E-state index contributed by atoms with van der Waals surface area (Å²) in [6, 6.07) is 15.7. The van der Waals surface area contributed by atoms with Crippen LogP contribution in [0.3, 0.4) is 0 Å². The van der Waals surface area contributed by atoms with Crippen LogP contribution in [0.1, 0.15) is 30.5 Å². The largest absolute Gasteiger partial charge is 0.355 e. The first-order valence-corrected chi connectivity index (χ1v) is 13.9. The molecule has 202 valence electrons. The van der Waals surface area contributed by atoms with Gasteiger partial charge in [-0.25, -0.2) is 12.8 Å². The van der Waals surface area contributed by atoms with E-state index in [9.17, 15) is 22.4 Å². The molecule has 1 N–H and O–H groups in total. The van der Waals surface area contributed by atoms with E-state index in [4.69, 9.17) is 11.6 Å². The zero-order valence-electron chi connectivity index (χ0n) is 21.7. The molecule has 0 spiro atoms. The molecule has 0 heterocycles. The smallest absolute Gasteiger partial charge is 0.264 e. The number of carbonyl (C=O) groups is 2. The summed E-state index contributed by atoms with van der Waals surface area (Å²) in [5.74, 6) is -1.63. The number of nitrogens with one attached hydrogen (secondary N) is 1. The molecule has 1 atom stereocenters. The fourth-order valence-electron chi connectivity index (χ4n) is 3.86. The number of anilines is 1. The lowest BCUT2D eigenvalue weighted by Gasteiger charge is -2.32. The fourth-order valence-corrected chi connectivity index (χ4v) is 5.39. The van der Waals surface area contributed by atoms with Gasteiger partial charge in [-0.15, -0.1) is 0 Å². The van der Waals surface area contributed by atoms with Gasteiger partial charge in [0, 0.05) is 23.7 Å². The number of halogens is 2. The molecule has 0 aliphatic carbocycles. The summed E-state index contributed by atoms with van der Waals surface area (Å²) in [7, 11) is -4.21. The number of likely N-dealkylation sites (N-methyl/N-ethyl adjacent to an activating group) is 1. The first-order valence-electron chi connectivity index (χ1n) is 12.1. The van der Waals surface area contributed by atoms with Gasteiger partial charge in [0.25, 0.3) is 10.0 Å². The van der Waals surface area contributed by atoms with Crippen molar-refractivity contribution in [1.82, 2.24) is 10.2 Å². The standard InChI is InChI=1S/C28H31ClFN3O4S/c1-5-31-28(35)21(4)32(17-22-8-6-7-9-26(22)30)27(34)18-33(24-13-10-19(2)20(3)16-24)38(36,37)25-14-11-23(29)12-15-25/h6-16,21H,5,17-18H2,1-4H3,(H,31,35). The number of sulfonamides is 1. The normalized spacial score (nSPS) is 12.1. The Morgan fingerprint density at radius 2 is 1.66 bits per heavy atom. The number of benzene rings is 3. The molecule has 0 fully saturated rings. The second-order valence-electron chi connectivity index (χ2n) is 8.92. The zero-order valence-corrected chi connectivity index (χ0v) is 23.3. The highest BCUT2D eigenvalue weighted by atomic mass is 35.5. The molecule has 0 radical (unpaired) electrons. The number of nitrogens with zero attached hydrogens (tertiary/aromatic N) is 2. The van der Waals surface area contributed by atoms with E-state index in [-0.39, 0.29) is 22.7 Å². The van der Waals surface area contributed by atoms with E-state index in [1.165, 1.54) is 54.3 Å². The van der Waals surface area contributed by atoms with Crippen molar-refractivity contribution in [1.29, 1.82) is 0 Å². The molecular weight excluding hydrogens is 529 g/mol. The molecule has 38 heavy (non-hydrogen) atoms. The maximum Gasteiger partial charge on any atom is 0.264 e. The monoisotopic (exact) mass is 559 g/mol. The van der Waals surface area contributed by atoms with E-state index in [1.807, 2.05) is 13.8 Å². The van der Waals surface area contributed by atoms with Gasteiger partial charge in [0.2, 0.25) is 11.8 Å². The second-order valence-corrected chi connectivity index (χ2v) is 11.2. The third kappa shape index (κ3) is 6.71. The predicted molar refractivity (Wildman–Crippen MR) is 147 cm³/mol. The summed E-state index contributed by atoms with van der Waals surface area (Å²) in [4.78, 5) is 27.6. The van der Waals surface area contributed by atoms with Gasteiger partial charge in [0.1, 0.15) is 18.4 Å². The average molecular weight is 560 g/mol. The molecule has 2 amide bonds. The molecule has 0 saturated heterocycles. The lowest BCUT2D eigenvalue weighted by Crippen LogP contribution is -2.51. The number of carbonyl (C=O) groups excluding carboxylic acids is 2. The van der Waals surface area contributed by atoms with Crippen LogP contribution in [0.4, 0.5) is 10.1 Å². The number of amides is 2. The minimum atomic E-state index is -4.21. The molecule has 1 unspecified atom stereocenters. The third-order valence-electron chi connectivity index (χ3n) is 6.28. The van der Waals surface area contributed by atoms with E-state index in [1.54, 1.807) is 31.2 Å². The van der Waals surface area contributed by atoms with Crippen molar-refractivity contribution in [3.63, 3.8) is 0 Å². The molecule has 0 aliphatic rings. The highest BCUT2D eigenvalue weighted by Crippen LogP contribution is 2.27. The fraction of sp³-hybridized carbons (Fsp3) is 0.286. The van der Waals surface area contributed by atoms with Crippen LogP contribution in [0.15, 0.2) is 71.6 Å². The quantitative estimate of drug-likeness (QED) is 0.385. The van der Waals surface area contributed by atoms with Crippen molar-refractivity contribution in [2.75, 3.05) is 17.4 Å². The number of rotatable bonds is 10. The summed E-state index contributed by atoms with van der Waals surface area (Å²) in [5.41, 5.74) is 2.28. The van der Waals surface area contributed by atoms with Crippen molar-refractivity contribution in [2.24, 2.45) is 0 Å². The Balaban J connectivity index is 2.07. The second kappa shape index (κ2) is 12.4. The maximum absolute atomic E-state index is 14.5. The summed E-state index contributed by atoms with van der Waals surface area (Å²) in [5, 5.41) is 3.04. The molecule has 0 saturated carbocycles. The summed E-state index contributed by atoms with van der Waals surface area (Å²) in [6.07, 6.45) is 0. The molecule has 0 bridgehead atoms. The molecule has 3 aromatic carbocycles. The van der Waals surface area contributed by atoms with Crippen LogP contribution in [-0.2, 0) is 26.2 Å². The van der Waals surface area contributed by atoms with E-state index >= 15 is 0 Å². The molecule has 3 aromatic rings. The Hall–Kier alpha value is -3.43. The third-order valence-corrected chi connectivity index (χ3v) is 8.32. The first-order chi connectivity index (χ1) is 17.9. The Labute approximate surface area is 228 Å². The van der Waals surface area contributed by atoms with Crippen molar-refractivity contribution in [2.45, 2.75) is 45.2 Å². The summed E-state index contributed by atoms with van der Waals surface area (Å²) in [6.45, 7) is 6.52. The Morgan fingerprint density at radius 3 is 2.26 bits per heavy atom. The Kier molecular flexibility index (Phi) is 9.51. The predicted octanol–water partition coefficient (Wildman–Crippen LogP) is 4.84. The first kappa shape index (κ1) is 29.1. The highest BCUT2D eigenvalue weighted by molar-refractivity contribution is 7.92. The molecule has 0 aromatic heterocycles. The molecule has 3 rings (SSSR count). The topological polar surface area (TPSA) is 86.8 Å². The minimum absolute atomic E-state index is 0.0506. The Morgan fingerprint density at radius 1 is 1.00 bits per heavy atom. The number of hydrogen-bond donors (Lipinski definition) is 1. The van der Waals surface area contributed by atoms with Gasteiger partial charge in [-0.2, -0.15) is 0 Å². The summed E-state index contributed by atoms with van der Waals surface area (Å²) < 4.78 is 43.1. The summed E-state index contributed by atoms with van der Waals surface area (Å²) >= 11 is 5.96. The van der Waals surface area contributed by atoms with Crippen LogP contribution in [0.5, 0.6) is 0 Å². The lowest BCUT2D eigenvalue weighted by molar-refractivity contribution is -0.139. The maximum atomic E-state index is 14.5. The van der Waals surface area contributed by atoms with E-state index < -0.39 is 40.2 Å². The van der Waals surface area contributed by atoms with Crippen LogP contribution < -0.4 is 9.62 Å². The van der Waals surface area contributed by atoms with Crippen molar-refractivity contribution in [3.8, 4) is 0 Å². The van der Waals surface area contributed by atoms with Gasteiger partial charge in [-0.3, -0.25) is 13.9 Å². The van der Waals surface area contributed by atoms with Crippen molar-refractivity contribution in [3.05, 3.63) is 94.3 Å². The lowest BCUT2D eigenvalue weighted by atomic mass is 10.1. The van der Waals surface area contributed by atoms with E-state index in [0.29, 0.717) is 11.6 Å². The van der Waals surface area contributed by atoms with Gasteiger partial charge >= 0.3 is 0 Å². The molecule has 0 aliphatic heterocycles. The van der Waals surface area contributed by atoms with Gasteiger partial charge in [-0.05, 0) is 81.3 Å². The van der Waals surface area contributed by atoms with Crippen LogP contribution in [0.2, 0.25) is 5.02 Å². The average Bonchev–Trinajstić information content (AvgIpc) is 2.88. The van der Waals surface area contributed by atoms with Crippen LogP contribution in [0, 0.1) is 19.7 Å². The van der Waals surface area contributed by atoms with E-state index in [0.717, 1.165) is 15.4 Å². The van der Waals surface area contributed by atoms with Gasteiger partial charge < -0.3 is 10.2 Å². The van der Waals surface area contributed by atoms with Gasteiger partial charge in [0.15, 0.2) is 0 Å². The van der Waals surface area contributed by atoms with Gasteiger partial charge in [-0.1, -0.05) is 35.9 Å². The van der Waals surface area contributed by atoms with Crippen molar-refractivity contribution < 1.29 is 22.4 Å². The zero-order chi connectivity index (χ0) is 28.0. The number of hydrogen-bond acceptors (Lipinski definition) is 4. The SMILES string of the molecule is CCNC(=O)C(C)N(Cc1ccccc1F)C(=O)CN(c1ccc(C)c(C)c1)S(=O)(=O)c1ccc(Cl)cc1. The number of aryl methyl sites for hydroxylation is 2.